The normalized spacial score (nSPS) is 12.9. The number of rotatable bonds is 9. The minimum absolute atomic E-state index is 0.0886. The van der Waals surface area contributed by atoms with Crippen molar-refractivity contribution >= 4 is 0 Å². The summed E-state index contributed by atoms with van der Waals surface area (Å²) in [6, 6.07) is 3.96. The molecule has 0 aliphatic rings. The zero-order chi connectivity index (χ0) is 11.6. The lowest BCUT2D eigenvalue weighted by atomic mass is 10.0. The molecule has 0 aliphatic carbocycles. The quantitative estimate of drug-likeness (QED) is 0.629. The van der Waals surface area contributed by atoms with E-state index in [1.165, 1.54) is 44.9 Å². The lowest BCUT2D eigenvalue weighted by molar-refractivity contribution is 0.438. The highest BCUT2D eigenvalue weighted by Crippen LogP contribution is 2.18. The Kier molecular flexibility index (Phi) is 6.98. The highest BCUT2D eigenvalue weighted by atomic mass is 16.3. The molecular weight excluding hydrogens is 198 g/mol. The Morgan fingerprint density at radius 3 is 2.44 bits per heavy atom. The van der Waals surface area contributed by atoms with E-state index < -0.39 is 0 Å². The molecule has 1 aromatic rings. The Morgan fingerprint density at radius 2 is 1.81 bits per heavy atom. The third-order valence-electron chi connectivity index (χ3n) is 3.03. The first-order valence-corrected chi connectivity index (χ1v) is 6.63. The van der Waals surface area contributed by atoms with Gasteiger partial charge in [-0.25, -0.2) is 0 Å². The van der Waals surface area contributed by atoms with E-state index in [4.69, 9.17) is 10.2 Å². The predicted molar refractivity (Wildman–Crippen MR) is 68.2 cm³/mol. The largest absolute Gasteiger partial charge is 0.468 e. The molecule has 0 aliphatic heterocycles. The average molecular weight is 223 g/mol. The summed E-state index contributed by atoms with van der Waals surface area (Å²) in [5.41, 5.74) is 6.01. The Labute approximate surface area is 99.2 Å². The van der Waals surface area contributed by atoms with Gasteiger partial charge in [-0.2, -0.15) is 0 Å². The van der Waals surface area contributed by atoms with Crippen molar-refractivity contribution in [2.24, 2.45) is 5.73 Å². The van der Waals surface area contributed by atoms with Crippen LogP contribution in [0, 0.1) is 0 Å². The van der Waals surface area contributed by atoms with Gasteiger partial charge < -0.3 is 10.2 Å². The number of furan rings is 1. The van der Waals surface area contributed by atoms with Crippen molar-refractivity contribution in [2.75, 3.05) is 0 Å². The topological polar surface area (TPSA) is 39.2 Å². The molecule has 1 atom stereocenters. The van der Waals surface area contributed by atoms with Crippen LogP contribution in [0.25, 0.3) is 0 Å². The molecule has 0 amide bonds. The van der Waals surface area contributed by atoms with Crippen molar-refractivity contribution in [3.63, 3.8) is 0 Å². The number of hydrogen-bond donors (Lipinski definition) is 1. The van der Waals surface area contributed by atoms with E-state index in [1.54, 1.807) is 6.26 Å². The van der Waals surface area contributed by atoms with Gasteiger partial charge in [0.25, 0.3) is 0 Å². The molecule has 92 valence electrons. The summed E-state index contributed by atoms with van der Waals surface area (Å²) in [6.45, 7) is 2.25. The molecule has 0 radical (unpaired) electrons. The van der Waals surface area contributed by atoms with Gasteiger partial charge in [0.15, 0.2) is 0 Å². The first-order valence-electron chi connectivity index (χ1n) is 6.63. The third-order valence-corrected chi connectivity index (χ3v) is 3.03. The molecule has 0 bridgehead atoms. The van der Waals surface area contributed by atoms with E-state index in [-0.39, 0.29) is 6.04 Å². The van der Waals surface area contributed by atoms with Crippen LogP contribution >= 0.6 is 0 Å². The number of hydrogen-bond acceptors (Lipinski definition) is 2. The summed E-state index contributed by atoms with van der Waals surface area (Å²) in [7, 11) is 0. The van der Waals surface area contributed by atoms with E-state index in [0.717, 1.165) is 12.2 Å². The second-order valence-electron chi connectivity index (χ2n) is 4.53. The monoisotopic (exact) mass is 223 g/mol. The zero-order valence-electron chi connectivity index (χ0n) is 10.5. The first kappa shape index (κ1) is 13.3. The molecule has 0 saturated heterocycles. The molecule has 2 heteroatoms. The van der Waals surface area contributed by atoms with Crippen LogP contribution in [-0.4, -0.2) is 0 Å². The van der Waals surface area contributed by atoms with Crippen LogP contribution in [0.2, 0.25) is 0 Å². The van der Waals surface area contributed by atoms with Gasteiger partial charge in [-0.05, 0) is 18.6 Å². The Bertz CT molecular complexity index is 243. The van der Waals surface area contributed by atoms with Gasteiger partial charge in [-0.3, -0.25) is 0 Å². The van der Waals surface area contributed by atoms with Crippen LogP contribution < -0.4 is 5.73 Å². The molecule has 1 unspecified atom stereocenters. The summed E-state index contributed by atoms with van der Waals surface area (Å²) in [5.74, 6) is 0.922. The number of nitrogens with two attached hydrogens (primary N) is 1. The van der Waals surface area contributed by atoms with E-state index in [9.17, 15) is 0 Å². The van der Waals surface area contributed by atoms with Gasteiger partial charge in [0.2, 0.25) is 0 Å². The lowest BCUT2D eigenvalue weighted by Crippen LogP contribution is -2.08. The highest BCUT2D eigenvalue weighted by molar-refractivity contribution is 5.02. The summed E-state index contributed by atoms with van der Waals surface area (Å²) >= 11 is 0. The van der Waals surface area contributed by atoms with Gasteiger partial charge in [0.05, 0.1) is 12.3 Å². The highest BCUT2D eigenvalue weighted by Gasteiger charge is 2.07. The van der Waals surface area contributed by atoms with Crippen molar-refractivity contribution in [3.8, 4) is 0 Å². The summed E-state index contributed by atoms with van der Waals surface area (Å²) in [6.07, 6.45) is 12.1. The van der Waals surface area contributed by atoms with Crippen molar-refractivity contribution in [1.29, 1.82) is 0 Å². The second-order valence-corrected chi connectivity index (χ2v) is 4.53. The van der Waals surface area contributed by atoms with Crippen LogP contribution in [0.5, 0.6) is 0 Å². The molecule has 16 heavy (non-hydrogen) atoms. The van der Waals surface area contributed by atoms with E-state index in [2.05, 4.69) is 6.92 Å². The maximum absolute atomic E-state index is 6.01. The fraction of sp³-hybridized carbons (Fsp3) is 0.714. The number of unbranched alkanes of at least 4 members (excludes halogenated alkanes) is 6. The van der Waals surface area contributed by atoms with Gasteiger partial charge in [-0.15, -0.1) is 0 Å². The minimum atomic E-state index is 0.0886. The molecule has 1 heterocycles. The van der Waals surface area contributed by atoms with E-state index in [1.807, 2.05) is 12.1 Å². The van der Waals surface area contributed by atoms with Gasteiger partial charge in [0, 0.05) is 0 Å². The second kappa shape index (κ2) is 8.40. The molecular formula is C14H25NO. The molecule has 1 aromatic heterocycles. The van der Waals surface area contributed by atoms with Crippen LogP contribution in [-0.2, 0) is 0 Å². The molecule has 2 nitrogen and oxygen atoms in total. The standard InChI is InChI=1S/C14H25NO/c1-2-3-4-5-6-7-8-10-13(15)14-11-9-12-16-14/h9,11-13H,2-8,10,15H2,1H3. The SMILES string of the molecule is CCCCCCCCCC(N)c1ccco1. The summed E-state index contributed by atoms with van der Waals surface area (Å²) < 4.78 is 5.28. The molecule has 1 rings (SSSR count). The van der Waals surface area contributed by atoms with Crippen LogP contribution in [0.15, 0.2) is 22.8 Å². The zero-order valence-corrected chi connectivity index (χ0v) is 10.5. The fourth-order valence-corrected chi connectivity index (χ4v) is 1.97. The molecule has 2 N–H and O–H groups in total. The van der Waals surface area contributed by atoms with Crippen LogP contribution in [0.4, 0.5) is 0 Å². The van der Waals surface area contributed by atoms with Crippen molar-refractivity contribution in [3.05, 3.63) is 24.2 Å². The molecule has 0 fully saturated rings. The molecule has 0 saturated carbocycles. The first-order chi connectivity index (χ1) is 7.84. The Balaban J connectivity index is 1.95. The van der Waals surface area contributed by atoms with E-state index >= 15 is 0 Å². The van der Waals surface area contributed by atoms with Gasteiger partial charge in [0.1, 0.15) is 5.76 Å². The van der Waals surface area contributed by atoms with Crippen molar-refractivity contribution in [2.45, 2.75) is 64.3 Å². The van der Waals surface area contributed by atoms with Gasteiger partial charge >= 0.3 is 0 Å². The van der Waals surface area contributed by atoms with E-state index in [0.29, 0.717) is 0 Å². The third kappa shape index (κ3) is 5.36. The lowest BCUT2D eigenvalue weighted by Gasteiger charge is -2.08. The summed E-state index contributed by atoms with van der Waals surface area (Å²) in [5, 5.41) is 0. The maximum Gasteiger partial charge on any atom is 0.120 e. The Hall–Kier alpha value is -0.760. The van der Waals surface area contributed by atoms with Crippen LogP contribution in [0.3, 0.4) is 0 Å². The van der Waals surface area contributed by atoms with Crippen molar-refractivity contribution in [1.82, 2.24) is 0 Å². The predicted octanol–water partition coefficient (Wildman–Crippen LogP) is 4.42. The fourth-order valence-electron chi connectivity index (χ4n) is 1.97. The summed E-state index contributed by atoms with van der Waals surface area (Å²) in [4.78, 5) is 0. The molecule has 0 aromatic carbocycles. The molecule has 0 spiro atoms. The maximum atomic E-state index is 6.01. The average Bonchev–Trinajstić information content (AvgIpc) is 2.81. The van der Waals surface area contributed by atoms with Crippen molar-refractivity contribution < 1.29 is 4.42 Å². The van der Waals surface area contributed by atoms with Gasteiger partial charge in [-0.1, -0.05) is 51.9 Å². The smallest absolute Gasteiger partial charge is 0.120 e. The Morgan fingerprint density at radius 1 is 1.12 bits per heavy atom. The van der Waals surface area contributed by atoms with Crippen LogP contribution in [0.1, 0.15) is 70.1 Å². The minimum Gasteiger partial charge on any atom is -0.468 e.